The van der Waals surface area contributed by atoms with Gasteiger partial charge in [0.15, 0.2) is 0 Å². The van der Waals surface area contributed by atoms with Gasteiger partial charge in [-0.1, -0.05) is 25.1 Å². The predicted molar refractivity (Wildman–Crippen MR) is 65.9 cm³/mol. The van der Waals surface area contributed by atoms with Gasteiger partial charge >= 0.3 is 0 Å². The van der Waals surface area contributed by atoms with Crippen molar-refractivity contribution in [3.8, 4) is 0 Å². The first-order valence-electron chi connectivity index (χ1n) is 5.06. The number of benzene rings is 1. The molecule has 0 radical (unpaired) electrons. The highest BCUT2D eigenvalue weighted by molar-refractivity contribution is 9.10. The molecule has 1 unspecified atom stereocenters. The Labute approximate surface area is 97.2 Å². The third-order valence-corrected chi connectivity index (χ3v) is 3.30. The van der Waals surface area contributed by atoms with Gasteiger partial charge in [-0.15, -0.1) is 0 Å². The molecule has 0 saturated heterocycles. The van der Waals surface area contributed by atoms with Crippen LogP contribution in [0.15, 0.2) is 22.8 Å². The third kappa shape index (κ3) is 1.92. The zero-order chi connectivity index (χ0) is 10.8. The highest BCUT2D eigenvalue weighted by atomic mass is 79.9. The topological polar surface area (TPSA) is 54.7 Å². The maximum absolute atomic E-state index is 5.58. The molecule has 15 heavy (non-hydrogen) atoms. The van der Waals surface area contributed by atoms with Gasteiger partial charge in [-0.3, -0.25) is 5.10 Å². The molecular weight excluding hydrogens is 254 g/mol. The van der Waals surface area contributed by atoms with Gasteiger partial charge in [-0.25, -0.2) is 0 Å². The van der Waals surface area contributed by atoms with Gasteiger partial charge in [0.2, 0.25) is 0 Å². The van der Waals surface area contributed by atoms with Crippen molar-refractivity contribution in [3.05, 3.63) is 28.4 Å². The molecule has 2 rings (SSSR count). The zero-order valence-corrected chi connectivity index (χ0v) is 10.2. The highest BCUT2D eigenvalue weighted by Crippen LogP contribution is 2.29. The molecule has 0 bridgehead atoms. The second-order valence-electron chi connectivity index (χ2n) is 3.76. The molecule has 1 aromatic heterocycles. The van der Waals surface area contributed by atoms with Crippen molar-refractivity contribution in [1.29, 1.82) is 0 Å². The Morgan fingerprint density at radius 2 is 2.33 bits per heavy atom. The van der Waals surface area contributed by atoms with Crippen LogP contribution in [-0.2, 0) is 0 Å². The lowest BCUT2D eigenvalue weighted by Gasteiger charge is -2.10. The van der Waals surface area contributed by atoms with Crippen LogP contribution in [0.4, 0.5) is 0 Å². The maximum Gasteiger partial charge on any atom is 0.108 e. The number of hydrogen-bond acceptors (Lipinski definition) is 2. The number of aromatic amines is 1. The molecule has 0 amide bonds. The molecule has 1 aromatic carbocycles. The highest BCUT2D eigenvalue weighted by Gasteiger charge is 2.12. The van der Waals surface area contributed by atoms with Crippen molar-refractivity contribution in [2.45, 2.75) is 19.3 Å². The summed E-state index contributed by atoms with van der Waals surface area (Å²) >= 11 is 3.45. The second kappa shape index (κ2) is 4.33. The number of nitrogens with one attached hydrogen (secondary N) is 1. The SMILES string of the molecule is CC(CCN)c1cccc2c(Br)[nH]nc12. The summed E-state index contributed by atoms with van der Waals surface area (Å²) in [5.41, 5.74) is 7.89. The number of halogens is 1. The number of para-hydroxylation sites is 1. The summed E-state index contributed by atoms with van der Waals surface area (Å²) in [7, 11) is 0. The van der Waals surface area contributed by atoms with Crippen LogP contribution in [0.5, 0.6) is 0 Å². The van der Waals surface area contributed by atoms with Crippen molar-refractivity contribution in [2.24, 2.45) is 5.73 Å². The van der Waals surface area contributed by atoms with Crippen LogP contribution in [0.25, 0.3) is 10.9 Å². The Balaban J connectivity index is 2.51. The molecular formula is C11H14BrN3. The molecule has 0 aliphatic carbocycles. The molecule has 3 nitrogen and oxygen atoms in total. The van der Waals surface area contributed by atoms with Crippen molar-refractivity contribution >= 4 is 26.8 Å². The minimum absolute atomic E-state index is 0.453. The Hall–Kier alpha value is -0.870. The van der Waals surface area contributed by atoms with E-state index in [4.69, 9.17) is 5.73 Å². The van der Waals surface area contributed by atoms with Crippen molar-refractivity contribution in [1.82, 2.24) is 10.2 Å². The molecule has 0 aliphatic rings. The van der Waals surface area contributed by atoms with Crippen LogP contribution in [0, 0.1) is 0 Å². The van der Waals surface area contributed by atoms with Gasteiger partial charge < -0.3 is 5.73 Å². The first-order valence-corrected chi connectivity index (χ1v) is 5.86. The minimum Gasteiger partial charge on any atom is -0.330 e. The first-order chi connectivity index (χ1) is 7.24. The van der Waals surface area contributed by atoms with E-state index in [1.54, 1.807) is 0 Å². The molecule has 1 heterocycles. The lowest BCUT2D eigenvalue weighted by molar-refractivity contribution is 0.693. The van der Waals surface area contributed by atoms with Crippen LogP contribution < -0.4 is 5.73 Å². The standard InChI is InChI=1S/C11H14BrN3/c1-7(5-6-13)8-3-2-4-9-10(8)14-15-11(9)12/h2-4,7H,5-6,13H2,1H3,(H,14,15). The Bertz CT molecular complexity index is 464. The van der Waals surface area contributed by atoms with E-state index in [2.05, 4.69) is 51.3 Å². The van der Waals surface area contributed by atoms with E-state index >= 15 is 0 Å². The quantitative estimate of drug-likeness (QED) is 0.899. The van der Waals surface area contributed by atoms with Crippen molar-refractivity contribution < 1.29 is 0 Å². The lowest BCUT2D eigenvalue weighted by atomic mass is 9.96. The van der Waals surface area contributed by atoms with E-state index in [0.717, 1.165) is 21.9 Å². The smallest absolute Gasteiger partial charge is 0.108 e. The van der Waals surface area contributed by atoms with E-state index in [0.29, 0.717) is 12.5 Å². The summed E-state index contributed by atoms with van der Waals surface area (Å²) in [5, 5.41) is 8.39. The normalized spacial score (nSPS) is 13.3. The van der Waals surface area contributed by atoms with Crippen LogP contribution in [0.1, 0.15) is 24.8 Å². The molecule has 80 valence electrons. The Morgan fingerprint density at radius 3 is 3.07 bits per heavy atom. The first kappa shape index (κ1) is 10.6. The van der Waals surface area contributed by atoms with Crippen LogP contribution >= 0.6 is 15.9 Å². The Morgan fingerprint density at radius 1 is 1.53 bits per heavy atom. The number of H-pyrrole nitrogens is 1. The molecule has 4 heteroatoms. The van der Waals surface area contributed by atoms with E-state index in [9.17, 15) is 0 Å². The van der Waals surface area contributed by atoms with Crippen LogP contribution in [0.2, 0.25) is 0 Å². The third-order valence-electron chi connectivity index (χ3n) is 2.70. The molecule has 1 atom stereocenters. The van der Waals surface area contributed by atoms with Crippen LogP contribution in [-0.4, -0.2) is 16.7 Å². The fraction of sp³-hybridized carbons (Fsp3) is 0.364. The zero-order valence-electron chi connectivity index (χ0n) is 8.63. The summed E-state index contributed by atoms with van der Waals surface area (Å²) in [6.45, 7) is 2.90. The molecule has 3 N–H and O–H groups in total. The van der Waals surface area contributed by atoms with Crippen LogP contribution in [0.3, 0.4) is 0 Å². The summed E-state index contributed by atoms with van der Waals surface area (Å²) < 4.78 is 0.944. The molecule has 0 aliphatic heterocycles. The van der Waals surface area contributed by atoms with E-state index in [1.807, 2.05) is 0 Å². The predicted octanol–water partition coefficient (Wildman–Crippen LogP) is 2.78. The van der Waals surface area contributed by atoms with E-state index in [-0.39, 0.29) is 0 Å². The number of rotatable bonds is 3. The molecule has 2 aromatic rings. The molecule has 0 saturated carbocycles. The molecule has 0 spiro atoms. The summed E-state index contributed by atoms with van der Waals surface area (Å²) in [6, 6.07) is 6.24. The average Bonchev–Trinajstić information content (AvgIpc) is 2.61. The number of fused-ring (bicyclic) bond motifs is 1. The number of nitrogens with zero attached hydrogens (tertiary/aromatic N) is 1. The Kier molecular flexibility index (Phi) is 3.07. The number of nitrogens with two attached hydrogens (primary N) is 1. The van der Waals surface area contributed by atoms with E-state index < -0.39 is 0 Å². The monoisotopic (exact) mass is 267 g/mol. The van der Waals surface area contributed by atoms with Gasteiger partial charge in [0.05, 0.1) is 5.52 Å². The number of hydrogen-bond donors (Lipinski definition) is 2. The number of aromatic nitrogens is 2. The second-order valence-corrected chi connectivity index (χ2v) is 4.55. The molecule has 0 fully saturated rings. The van der Waals surface area contributed by atoms with Gasteiger partial charge in [0, 0.05) is 5.39 Å². The van der Waals surface area contributed by atoms with Gasteiger partial charge in [-0.05, 0) is 40.4 Å². The fourth-order valence-electron chi connectivity index (χ4n) is 1.83. The summed E-state index contributed by atoms with van der Waals surface area (Å²) in [5.74, 6) is 0.453. The van der Waals surface area contributed by atoms with Gasteiger partial charge in [0.25, 0.3) is 0 Å². The summed E-state index contributed by atoms with van der Waals surface area (Å²) in [6.07, 6.45) is 0.990. The van der Waals surface area contributed by atoms with Crippen molar-refractivity contribution in [2.75, 3.05) is 6.54 Å². The fourth-order valence-corrected chi connectivity index (χ4v) is 2.24. The minimum atomic E-state index is 0.453. The van der Waals surface area contributed by atoms with Gasteiger partial charge in [-0.2, -0.15) is 5.10 Å². The lowest BCUT2D eigenvalue weighted by Crippen LogP contribution is -2.04. The van der Waals surface area contributed by atoms with Crippen molar-refractivity contribution in [3.63, 3.8) is 0 Å². The van der Waals surface area contributed by atoms with Gasteiger partial charge in [0.1, 0.15) is 4.60 Å². The summed E-state index contributed by atoms with van der Waals surface area (Å²) in [4.78, 5) is 0. The largest absolute Gasteiger partial charge is 0.330 e. The average molecular weight is 268 g/mol. The van der Waals surface area contributed by atoms with E-state index in [1.165, 1.54) is 5.56 Å². The maximum atomic E-state index is 5.58.